The third kappa shape index (κ3) is 4.33. The van der Waals surface area contributed by atoms with Crippen molar-refractivity contribution in [3.05, 3.63) is 11.6 Å². The lowest BCUT2D eigenvalue weighted by Gasteiger charge is -2.51. The topological polar surface area (TPSA) is 46.2 Å². The van der Waals surface area contributed by atoms with E-state index in [0.717, 1.165) is 51.1 Å². The van der Waals surface area contributed by atoms with Crippen LogP contribution in [0.5, 0.6) is 0 Å². The van der Waals surface area contributed by atoms with Crippen molar-refractivity contribution < 1.29 is 9.59 Å². The van der Waals surface area contributed by atoms with E-state index in [-0.39, 0.29) is 16.7 Å². The molecule has 0 aromatic rings. The van der Waals surface area contributed by atoms with Crippen LogP contribution in [0.2, 0.25) is 0 Å². The molecule has 4 rings (SSSR count). The minimum Gasteiger partial charge on any atom is -0.316 e. The molecule has 174 valence electrons. The van der Waals surface area contributed by atoms with E-state index in [4.69, 9.17) is 0 Å². The van der Waals surface area contributed by atoms with Gasteiger partial charge in [0.2, 0.25) is 0 Å². The molecule has 0 bridgehead atoms. The molecular formula is C28H45NO2. The van der Waals surface area contributed by atoms with Crippen LogP contribution in [0, 0.1) is 40.4 Å². The minimum atomic E-state index is -0.171. The van der Waals surface area contributed by atoms with Gasteiger partial charge in [0.15, 0.2) is 0 Å². The van der Waals surface area contributed by atoms with Gasteiger partial charge in [-0.05, 0) is 87.5 Å². The Balaban J connectivity index is 1.49. The molecule has 3 heteroatoms. The zero-order chi connectivity index (χ0) is 22.2. The van der Waals surface area contributed by atoms with E-state index < -0.39 is 0 Å². The van der Waals surface area contributed by atoms with Gasteiger partial charge in [0.1, 0.15) is 11.6 Å². The van der Waals surface area contributed by atoms with E-state index in [9.17, 15) is 9.59 Å². The van der Waals surface area contributed by atoms with Crippen LogP contribution in [0.1, 0.15) is 98.3 Å². The molecule has 0 aromatic heterocycles. The van der Waals surface area contributed by atoms with Gasteiger partial charge in [0.25, 0.3) is 0 Å². The summed E-state index contributed by atoms with van der Waals surface area (Å²) in [6.07, 6.45) is 15.1. The van der Waals surface area contributed by atoms with Crippen molar-refractivity contribution >= 4 is 11.6 Å². The first kappa shape index (κ1) is 23.2. The minimum absolute atomic E-state index is 0.136. The highest BCUT2D eigenvalue weighted by Crippen LogP contribution is 2.59. The fourth-order valence-electron chi connectivity index (χ4n) is 8.01. The van der Waals surface area contributed by atoms with Crippen LogP contribution in [0.15, 0.2) is 11.6 Å². The zero-order valence-corrected chi connectivity index (χ0v) is 20.5. The first-order chi connectivity index (χ1) is 14.8. The van der Waals surface area contributed by atoms with E-state index in [0.29, 0.717) is 35.7 Å². The lowest BCUT2D eigenvalue weighted by atomic mass is 9.54. The van der Waals surface area contributed by atoms with E-state index in [1.807, 2.05) is 6.92 Å². The van der Waals surface area contributed by atoms with Gasteiger partial charge in [0, 0.05) is 24.3 Å². The standard InChI is InChI=1S/C28H45NO2/c1-5-23-14-21-10-11-24-15-26(31)22(18-29-17-20-8-6-7-9-20)16-28(24,4)25(21)12-13-27(23,3)19(2)30/h11,20-23,25,29H,5-10,12-18H2,1-4H3. The summed E-state index contributed by atoms with van der Waals surface area (Å²) in [6.45, 7) is 10.7. The Hall–Kier alpha value is -0.960. The average molecular weight is 428 g/mol. The molecule has 6 atom stereocenters. The van der Waals surface area contributed by atoms with Crippen molar-refractivity contribution in [2.75, 3.05) is 13.1 Å². The summed E-state index contributed by atoms with van der Waals surface area (Å²) >= 11 is 0. The average Bonchev–Trinajstić information content (AvgIpc) is 3.19. The lowest BCUT2D eigenvalue weighted by molar-refractivity contribution is -0.129. The Morgan fingerprint density at radius 3 is 2.58 bits per heavy atom. The number of hydrogen-bond acceptors (Lipinski definition) is 3. The second kappa shape index (κ2) is 9.12. The maximum Gasteiger partial charge on any atom is 0.141 e. The summed E-state index contributed by atoms with van der Waals surface area (Å²) in [5, 5.41) is 3.68. The van der Waals surface area contributed by atoms with Gasteiger partial charge in [-0.1, -0.05) is 51.7 Å². The number of hydrogen-bond donors (Lipinski definition) is 1. The summed E-state index contributed by atoms with van der Waals surface area (Å²) in [5.74, 6) is 3.59. The van der Waals surface area contributed by atoms with Gasteiger partial charge in [-0.2, -0.15) is 0 Å². The van der Waals surface area contributed by atoms with Crippen LogP contribution in [0.25, 0.3) is 0 Å². The van der Waals surface area contributed by atoms with Gasteiger partial charge in [-0.15, -0.1) is 0 Å². The van der Waals surface area contributed by atoms with Crippen LogP contribution in [-0.2, 0) is 9.59 Å². The quantitative estimate of drug-likeness (QED) is 0.519. The highest BCUT2D eigenvalue weighted by molar-refractivity contribution is 5.85. The number of ketones is 2. The SMILES string of the molecule is CCC1CC2CC=C3CC(=O)C(CNCC4CCCC4)CC3(C)C2CCC1(C)C(C)=O. The van der Waals surface area contributed by atoms with Crippen molar-refractivity contribution in [3.8, 4) is 0 Å². The van der Waals surface area contributed by atoms with Gasteiger partial charge >= 0.3 is 0 Å². The molecule has 0 spiro atoms. The third-order valence-electron chi connectivity index (χ3n) is 10.3. The monoisotopic (exact) mass is 427 g/mol. The zero-order valence-electron chi connectivity index (χ0n) is 20.5. The summed E-state index contributed by atoms with van der Waals surface area (Å²) in [6, 6.07) is 0. The summed E-state index contributed by atoms with van der Waals surface area (Å²) in [5.41, 5.74) is 1.39. The van der Waals surface area contributed by atoms with E-state index in [2.05, 4.69) is 32.2 Å². The molecule has 31 heavy (non-hydrogen) atoms. The molecule has 0 amide bonds. The van der Waals surface area contributed by atoms with Crippen molar-refractivity contribution in [2.45, 2.75) is 98.3 Å². The second-order valence-electron chi connectivity index (χ2n) is 12.0. The molecule has 0 heterocycles. The first-order valence-electron chi connectivity index (χ1n) is 13.2. The molecule has 4 aliphatic carbocycles. The number of carbonyl (C=O) groups excluding carboxylic acids is 2. The Morgan fingerprint density at radius 2 is 1.90 bits per heavy atom. The number of nitrogens with one attached hydrogen (secondary N) is 1. The van der Waals surface area contributed by atoms with Gasteiger partial charge in [0.05, 0.1) is 0 Å². The maximum atomic E-state index is 13.0. The molecule has 1 N–H and O–H groups in total. The highest BCUT2D eigenvalue weighted by Gasteiger charge is 2.53. The molecular weight excluding hydrogens is 382 g/mol. The van der Waals surface area contributed by atoms with Gasteiger partial charge in [-0.3, -0.25) is 9.59 Å². The van der Waals surface area contributed by atoms with E-state index >= 15 is 0 Å². The lowest BCUT2D eigenvalue weighted by Crippen LogP contribution is -2.46. The fraction of sp³-hybridized carbons (Fsp3) is 0.857. The number of allylic oxidation sites excluding steroid dienone is 2. The Kier molecular flexibility index (Phi) is 6.83. The third-order valence-corrected chi connectivity index (χ3v) is 10.3. The molecule has 6 unspecified atom stereocenters. The first-order valence-corrected chi connectivity index (χ1v) is 13.2. The normalized spacial score (nSPS) is 41.3. The van der Waals surface area contributed by atoms with Crippen LogP contribution in [0.3, 0.4) is 0 Å². The molecule has 0 aromatic carbocycles. The van der Waals surface area contributed by atoms with Crippen molar-refractivity contribution in [1.82, 2.24) is 5.32 Å². The predicted octanol–water partition coefficient (Wildman–Crippen LogP) is 6.12. The molecule has 0 aliphatic heterocycles. The predicted molar refractivity (Wildman–Crippen MR) is 127 cm³/mol. The second-order valence-corrected chi connectivity index (χ2v) is 12.0. The summed E-state index contributed by atoms with van der Waals surface area (Å²) in [7, 11) is 0. The highest BCUT2D eigenvalue weighted by atomic mass is 16.1. The number of Topliss-reactive ketones (excluding diaryl/α,β-unsaturated/α-hetero) is 2. The number of fused-ring (bicyclic) bond motifs is 3. The fourth-order valence-corrected chi connectivity index (χ4v) is 8.01. The largest absolute Gasteiger partial charge is 0.316 e. The van der Waals surface area contributed by atoms with E-state index in [1.165, 1.54) is 37.7 Å². The Bertz CT molecular complexity index is 721. The smallest absolute Gasteiger partial charge is 0.141 e. The van der Waals surface area contributed by atoms with Crippen LogP contribution >= 0.6 is 0 Å². The Morgan fingerprint density at radius 1 is 1.16 bits per heavy atom. The van der Waals surface area contributed by atoms with Crippen molar-refractivity contribution in [1.29, 1.82) is 0 Å². The van der Waals surface area contributed by atoms with Crippen LogP contribution in [0.4, 0.5) is 0 Å². The van der Waals surface area contributed by atoms with Crippen LogP contribution < -0.4 is 5.32 Å². The van der Waals surface area contributed by atoms with Gasteiger partial charge < -0.3 is 5.32 Å². The summed E-state index contributed by atoms with van der Waals surface area (Å²) in [4.78, 5) is 25.7. The molecule has 0 saturated heterocycles. The molecule has 3 saturated carbocycles. The number of carbonyl (C=O) groups is 2. The van der Waals surface area contributed by atoms with Crippen molar-refractivity contribution in [3.63, 3.8) is 0 Å². The molecule has 4 aliphatic rings. The molecule has 0 radical (unpaired) electrons. The number of rotatable bonds is 6. The molecule has 3 fully saturated rings. The van der Waals surface area contributed by atoms with Gasteiger partial charge in [-0.25, -0.2) is 0 Å². The Labute approximate surface area is 190 Å². The molecule has 3 nitrogen and oxygen atoms in total. The van der Waals surface area contributed by atoms with Crippen molar-refractivity contribution in [2.24, 2.45) is 40.4 Å². The maximum absolute atomic E-state index is 13.0. The summed E-state index contributed by atoms with van der Waals surface area (Å²) < 4.78 is 0. The van der Waals surface area contributed by atoms with Crippen LogP contribution in [-0.4, -0.2) is 24.7 Å². The van der Waals surface area contributed by atoms with E-state index in [1.54, 1.807) is 0 Å².